The molecule has 2 rings (SSSR count). The third-order valence-corrected chi connectivity index (χ3v) is 4.58. The predicted octanol–water partition coefficient (Wildman–Crippen LogP) is 5.02. The Bertz CT molecular complexity index is 597. The Balaban J connectivity index is 2.64. The minimum atomic E-state index is -0.209. The number of ether oxygens (including phenoxy) is 1. The molecular weight excluding hydrogens is 268 g/mol. The van der Waals surface area contributed by atoms with Crippen LogP contribution in [0.25, 0.3) is 11.1 Å². The molecule has 0 fully saturated rings. The van der Waals surface area contributed by atoms with Crippen LogP contribution in [0, 0.1) is 6.92 Å². The molecule has 0 unspecified atom stereocenters. The van der Waals surface area contributed by atoms with Crippen LogP contribution in [0.4, 0.5) is 0 Å². The van der Waals surface area contributed by atoms with Gasteiger partial charge in [-0.3, -0.25) is 0 Å². The molecule has 0 atom stereocenters. The molecule has 1 heterocycles. The summed E-state index contributed by atoms with van der Waals surface area (Å²) in [6.07, 6.45) is 0. The summed E-state index contributed by atoms with van der Waals surface area (Å²) in [5.74, 6) is 0.106. The normalized spacial score (nSPS) is 10.8. The molecule has 2 aromatic rings. The zero-order valence-electron chi connectivity index (χ0n) is 12.4. The number of carbonyl (C=O) groups excluding carboxylic acids is 1. The van der Waals surface area contributed by atoms with Gasteiger partial charge in [0.25, 0.3) is 0 Å². The van der Waals surface area contributed by atoms with Crippen LogP contribution in [0.3, 0.4) is 0 Å². The molecule has 1 aromatic heterocycles. The second-order valence-corrected chi connectivity index (χ2v) is 6.27. The van der Waals surface area contributed by atoms with Gasteiger partial charge in [-0.05, 0) is 25.3 Å². The van der Waals surface area contributed by atoms with E-state index in [0.29, 0.717) is 12.5 Å². The van der Waals surface area contributed by atoms with E-state index >= 15 is 0 Å². The van der Waals surface area contributed by atoms with Gasteiger partial charge in [0.15, 0.2) is 0 Å². The van der Waals surface area contributed by atoms with Crippen molar-refractivity contribution in [2.75, 3.05) is 6.61 Å². The van der Waals surface area contributed by atoms with Gasteiger partial charge in [0, 0.05) is 15.3 Å². The van der Waals surface area contributed by atoms with Crippen LogP contribution in [-0.2, 0) is 4.74 Å². The first-order valence-electron chi connectivity index (χ1n) is 6.92. The molecule has 0 amide bonds. The molecule has 20 heavy (non-hydrogen) atoms. The average Bonchev–Trinajstić information content (AvgIpc) is 2.78. The van der Waals surface area contributed by atoms with E-state index in [0.717, 1.165) is 21.6 Å². The van der Waals surface area contributed by atoms with Crippen molar-refractivity contribution in [3.05, 3.63) is 45.6 Å². The van der Waals surface area contributed by atoms with Gasteiger partial charge in [-0.25, -0.2) is 4.79 Å². The monoisotopic (exact) mass is 288 g/mol. The fourth-order valence-electron chi connectivity index (χ4n) is 2.33. The van der Waals surface area contributed by atoms with E-state index in [1.165, 1.54) is 4.88 Å². The lowest BCUT2D eigenvalue weighted by Crippen LogP contribution is -2.08. The lowest BCUT2D eigenvalue weighted by Gasteiger charge is -2.09. The van der Waals surface area contributed by atoms with Crippen molar-refractivity contribution < 1.29 is 9.53 Å². The summed E-state index contributed by atoms with van der Waals surface area (Å²) in [4.78, 5) is 14.6. The second-order valence-electron chi connectivity index (χ2n) is 5.01. The van der Waals surface area contributed by atoms with Gasteiger partial charge in [-0.1, -0.05) is 44.2 Å². The molecule has 0 aliphatic carbocycles. The first kappa shape index (κ1) is 14.8. The molecule has 0 bridgehead atoms. The Hall–Kier alpha value is -1.61. The maximum Gasteiger partial charge on any atom is 0.339 e. The number of hydrogen-bond donors (Lipinski definition) is 0. The van der Waals surface area contributed by atoms with E-state index in [2.05, 4.69) is 20.8 Å². The lowest BCUT2D eigenvalue weighted by molar-refractivity contribution is 0.0526. The van der Waals surface area contributed by atoms with E-state index in [1.807, 2.05) is 37.3 Å². The fourth-order valence-corrected chi connectivity index (χ4v) is 3.51. The molecule has 0 saturated heterocycles. The Morgan fingerprint density at radius 3 is 2.45 bits per heavy atom. The average molecular weight is 288 g/mol. The third kappa shape index (κ3) is 2.78. The molecule has 1 aromatic carbocycles. The van der Waals surface area contributed by atoms with Crippen LogP contribution < -0.4 is 0 Å². The van der Waals surface area contributed by atoms with Gasteiger partial charge in [-0.15, -0.1) is 11.3 Å². The van der Waals surface area contributed by atoms with Gasteiger partial charge < -0.3 is 4.74 Å². The van der Waals surface area contributed by atoms with Crippen LogP contribution in [0.15, 0.2) is 30.3 Å². The quantitative estimate of drug-likeness (QED) is 0.738. The lowest BCUT2D eigenvalue weighted by atomic mass is 9.97. The van der Waals surface area contributed by atoms with Crippen molar-refractivity contribution in [3.8, 4) is 11.1 Å². The summed E-state index contributed by atoms with van der Waals surface area (Å²) in [5, 5.41) is 0. The van der Waals surface area contributed by atoms with Crippen LogP contribution in [0.5, 0.6) is 0 Å². The van der Waals surface area contributed by atoms with E-state index in [9.17, 15) is 4.79 Å². The maximum absolute atomic E-state index is 12.4. The zero-order valence-corrected chi connectivity index (χ0v) is 13.2. The van der Waals surface area contributed by atoms with Crippen LogP contribution in [0.1, 0.15) is 46.8 Å². The minimum Gasteiger partial charge on any atom is -0.462 e. The first-order chi connectivity index (χ1) is 9.56. The van der Waals surface area contributed by atoms with Gasteiger partial charge >= 0.3 is 5.97 Å². The molecule has 0 aliphatic heterocycles. The molecule has 0 N–H and O–H groups in total. The Kier molecular flexibility index (Phi) is 4.61. The van der Waals surface area contributed by atoms with Crippen molar-refractivity contribution in [2.45, 2.75) is 33.6 Å². The van der Waals surface area contributed by atoms with Crippen molar-refractivity contribution in [3.63, 3.8) is 0 Å². The Morgan fingerprint density at radius 1 is 1.25 bits per heavy atom. The van der Waals surface area contributed by atoms with Crippen molar-refractivity contribution in [2.24, 2.45) is 0 Å². The highest BCUT2D eigenvalue weighted by Crippen LogP contribution is 2.40. The summed E-state index contributed by atoms with van der Waals surface area (Å²) in [6.45, 7) is 8.54. The maximum atomic E-state index is 12.4. The second kappa shape index (κ2) is 6.23. The number of thiophene rings is 1. The number of esters is 1. The van der Waals surface area contributed by atoms with Gasteiger partial charge in [0.2, 0.25) is 0 Å². The smallest absolute Gasteiger partial charge is 0.339 e. The minimum absolute atomic E-state index is 0.209. The van der Waals surface area contributed by atoms with Crippen molar-refractivity contribution in [1.29, 1.82) is 0 Å². The highest BCUT2D eigenvalue weighted by molar-refractivity contribution is 7.13. The van der Waals surface area contributed by atoms with Gasteiger partial charge in [0.1, 0.15) is 0 Å². The largest absolute Gasteiger partial charge is 0.462 e. The van der Waals surface area contributed by atoms with Crippen LogP contribution >= 0.6 is 11.3 Å². The Morgan fingerprint density at radius 2 is 1.90 bits per heavy atom. The number of rotatable bonds is 4. The molecule has 2 nitrogen and oxygen atoms in total. The molecule has 0 spiro atoms. The van der Waals surface area contributed by atoms with Crippen molar-refractivity contribution >= 4 is 17.3 Å². The zero-order chi connectivity index (χ0) is 14.7. The molecule has 106 valence electrons. The summed E-state index contributed by atoms with van der Waals surface area (Å²) >= 11 is 1.70. The van der Waals surface area contributed by atoms with Crippen LogP contribution in [-0.4, -0.2) is 12.6 Å². The summed E-state index contributed by atoms with van der Waals surface area (Å²) < 4.78 is 5.26. The van der Waals surface area contributed by atoms with Gasteiger partial charge in [-0.2, -0.15) is 0 Å². The number of carbonyl (C=O) groups is 1. The molecule has 0 radical (unpaired) electrons. The molecule has 0 saturated carbocycles. The number of benzene rings is 1. The summed E-state index contributed by atoms with van der Waals surface area (Å²) in [6, 6.07) is 10.1. The van der Waals surface area contributed by atoms with Crippen LogP contribution in [0.2, 0.25) is 0 Å². The molecule has 0 aliphatic rings. The SMILES string of the molecule is CCOC(=O)c1c(C(C)C)sc(C)c1-c1ccccc1. The highest BCUT2D eigenvalue weighted by Gasteiger charge is 2.25. The van der Waals surface area contributed by atoms with E-state index in [1.54, 1.807) is 11.3 Å². The topological polar surface area (TPSA) is 26.3 Å². The highest BCUT2D eigenvalue weighted by atomic mass is 32.1. The number of aryl methyl sites for hydroxylation is 1. The summed E-state index contributed by atoms with van der Waals surface area (Å²) in [7, 11) is 0. The standard InChI is InChI=1S/C17H20O2S/c1-5-19-17(18)15-14(13-9-7-6-8-10-13)12(4)20-16(15)11(2)3/h6-11H,5H2,1-4H3. The Labute approximate surface area is 124 Å². The van der Waals surface area contributed by atoms with E-state index in [4.69, 9.17) is 4.74 Å². The molecule has 3 heteroatoms. The number of hydrogen-bond acceptors (Lipinski definition) is 3. The summed E-state index contributed by atoms with van der Waals surface area (Å²) in [5.41, 5.74) is 2.85. The van der Waals surface area contributed by atoms with Gasteiger partial charge in [0.05, 0.1) is 12.2 Å². The fraction of sp³-hybridized carbons (Fsp3) is 0.353. The predicted molar refractivity (Wildman–Crippen MR) is 84.5 cm³/mol. The van der Waals surface area contributed by atoms with E-state index < -0.39 is 0 Å². The molecular formula is C17H20O2S. The van der Waals surface area contributed by atoms with E-state index in [-0.39, 0.29) is 5.97 Å². The first-order valence-corrected chi connectivity index (χ1v) is 7.73. The third-order valence-electron chi connectivity index (χ3n) is 3.18. The van der Waals surface area contributed by atoms with Crippen molar-refractivity contribution in [1.82, 2.24) is 0 Å².